The van der Waals surface area contributed by atoms with E-state index >= 15 is 0 Å². The maximum absolute atomic E-state index is 5.63. The highest BCUT2D eigenvalue weighted by Gasteiger charge is 2.21. The molecule has 0 aromatic carbocycles. The van der Waals surface area contributed by atoms with Crippen molar-refractivity contribution < 1.29 is 9.15 Å². The van der Waals surface area contributed by atoms with E-state index in [0.29, 0.717) is 5.89 Å². The summed E-state index contributed by atoms with van der Waals surface area (Å²) in [5.74, 6) is 1.38. The van der Waals surface area contributed by atoms with Crippen LogP contribution in [0.5, 0.6) is 0 Å². The van der Waals surface area contributed by atoms with E-state index in [4.69, 9.17) is 9.15 Å². The zero-order chi connectivity index (χ0) is 11.9. The van der Waals surface area contributed by atoms with Crippen LogP contribution in [0, 0.1) is 0 Å². The van der Waals surface area contributed by atoms with Crippen molar-refractivity contribution >= 4 is 0 Å². The second-order valence-electron chi connectivity index (χ2n) is 4.35. The van der Waals surface area contributed by atoms with Gasteiger partial charge in [-0.1, -0.05) is 6.92 Å². The van der Waals surface area contributed by atoms with Gasteiger partial charge in [0, 0.05) is 13.0 Å². The Balaban J connectivity index is 1.78. The lowest BCUT2D eigenvalue weighted by Crippen LogP contribution is -2.14. The largest absolute Gasteiger partial charge is 0.422 e. The molecule has 2 heterocycles. The van der Waals surface area contributed by atoms with E-state index in [0.717, 1.165) is 51.3 Å². The number of aromatic nitrogens is 2. The van der Waals surface area contributed by atoms with E-state index in [-0.39, 0.29) is 6.10 Å². The molecule has 1 saturated heterocycles. The molecule has 2 rings (SSSR count). The van der Waals surface area contributed by atoms with E-state index in [2.05, 4.69) is 22.4 Å². The molecule has 1 atom stereocenters. The van der Waals surface area contributed by atoms with Gasteiger partial charge in [-0.2, -0.15) is 0 Å². The standard InChI is InChI=1S/C12H21N3O2/c1-2-13-8-5-7-11-14-15-12(17-11)10-6-3-4-9-16-10/h10,13H,2-9H2,1H3. The molecular formula is C12H21N3O2. The van der Waals surface area contributed by atoms with Crippen molar-refractivity contribution in [2.45, 2.75) is 45.1 Å². The Morgan fingerprint density at radius 2 is 2.29 bits per heavy atom. The van der Waals surface area contributed by atoms with Crippen molar-refractivity contribution in [1.82, 2.24) is 15.5 Å². The Kier molecular flexibility index (Phi) is 4.94. The Morgan fingerprint density at radius 1 is 1.35 bits per heavy atom. The van der Waals surface area contributed by atoms with Gasteiger partial charge in [0.05, 0.1) is 0 Å². The minimum Gasteiger partial charge on any atom is -0.422 e. The third kappa shape index (κ3) is 3.78. The molecule has 1 aliphatic heterocycles. The second kappa shape index (κ2) is 6.71. The van der Waals surface area contributed by atoms with Crippen LogP contribution in [0.1, 0.15) is 50.5 Å². The molecule has 1 fully saturated rings. The molecule has 1 aromatic rings. The summed E-state index contributed by atoms with van der Waals surface area (Å²) in [5, 5.41) is 11.4. The fraction of sp³-hybridized carbons (Fsp3) is 0.833. The Hall–Kier alpha value is -0.940. The first-order chi connectivity index (χ1) is 8.40. The summed E-state index contributed by atoms with van der Waals surface area (Å²) in [6.07, 6.45) is 5.22. The van der Waals surface area contributed by atoms with Crippen LogP contribution in [0.2, 0.25) is 0 Å². The van der Waals surface area contributed by atoms with Crippen LogP contribution in [0.3, 0.4) is 0 Å². The molecule has 0 aliphatic carbocycles. The van der Waals surface area contributed by atoms with Crippen LogP contribution in [0.4, 0.5) is 0 Å². The number of hydrogen-bond acceptors (Lipinski definition) is 5. The van der Waals surface area contributed by atoms with E-state index in [9.17, 15) is 0 Å². The highest BCUT2D eigenvalue weighted by molar-refractivity contribution is 4.88. The molecule has 96 valence electrons. The first-order valence-corrected chi connectivity index (χ1v) is 6.54. The summed E-state index contributed by atoms with van der Waals surface area (Å²) in [7, 11) is 0. The summed E-state index contributed by atoms with van der Waals surface area (Å²) in [6.45, 7) is 4.91. The van der Waals surface area contributed by atoms with Crippen LogP contribution >= 0.6 is 0 Å². The molecular weight excluding hydrogens is 218 g/mol. The third-order valence-electron chi connectivity index (χ3n) is 2.93. The predicted molar refractivity (Wildman–Crippen MR) is 63.7 cm³/mol. The number of rotatable bonds is 6. The van der Waals surface area contributed by atoms with Crippen LogP contribution in [-0.4, -0.2) is 29.9 Å². The lowest BCUT2D eigenvalue weighted by molar-refractivity contribution is -0.00211. The number of nitrogens with one attached hydrogen (secondary N) is 1. The van der Waals surface area contributed by atoms with Crippen LogP contribution < -0.4 is 5.32 Å². The van der Waals surface area contributed by atoms with Crippen LogP contribution in [0.25, 0.3) is 0 Å². The Morgan fingerprint density at radius 3 is 3.06 bits per heavy atom. The van der Waals surface area contributed by atoms with Crippen molar-refractivity contribution in [3.63, 3.8) is 0 Å². The molecule has 5 heteroatoms. The number of aryl methyl sites for hydroxylation is 1. The molecule has 17 heavy (non-hydrogen) atoms. The van der Waals surface area contributed by atoms with Gasteiger partial charge in [-0.3, -0.25) is 0 Å². The zero-order valence-corrected chi connectivity index (χ0v) is 10.4. The summed E-state index contributed by atoms with van der Waals surface area (Å²) in [5.41, 5.74) is 0. The fourth-order valence-corrected chi connectivity index (χ4v) is 1.97. The van der Waals surface area contributed by atoms with Crippen LogP contribution in [0.15, 0.2) is 4.42 Å². The van der Waals surface area contributed by atoms with Crippen molar-refractivity contribution in [1.29, 1.82) is 0 Å². The van der Waals surface area contributed by atoms with E-state index in [1.807, 2.05) is 0 Å². The van der Waals surface area contributed by atoms with Crippen molar-refractivity contribution in [2.75, 3.05) is 19.7 Å². The van der Waals surface area contributed by atoms with Gasteiger partial charge >= 0.3 is 0 Å². The van der Waals surface area contributed by atoms with Gasteiger partial charge in [-0.05, 0) is 38.8 Å². The molecule has 0 spiro atoms. The molecule has 0 bridgehead atoms. The maximum atomic E-state index is 5.63. The molecule has 1 aliphatic rings. The molecule has 0 amide bonds. The first kappa shape index (κ1) is 12.5. The first-order valence-electron chi connectivity index (χ1n) is 6.54. The second-order valence-corrected chi connectivity index (χ2v) is 4.35. The summed E-state index contributed by atoms with van der Waals surface area (Å²) >= 11 is 0. The smallest absolute Gasteiger partial charge is 0.245 e. The summed E-state index contributed by atoms with van der Waals surface area (Å²) < 4.78 is 11.2. The normalized spacial score (nSPS) is 20.6. The maximum Gasteiger partial charge on any atom is 0.245 e. The quantitative estimate of drug-likeness (QED) is 0.768. The monoisotopic (exact) mass is 239 g/mol. The van der Waals surface area contributed by atoms with Gasteiger partial charge in [-0.25, -0.2) is 0 Å². The molecule has 5 nitrogen and oxygen atoms in total. The summed E-state index contributed by atoms with van der Waals surface area (Å²) in [4.78, 5) is 0. The predicted octanol–water partition coefficient (Wildman–Crippen LogP) is 1.85. The SMILES string of the molecule is CCNCCCc1nnc(C2CCCCO2)o1. The molecule has 1 aromatic heterocycles. The van der Waals surface area contributed by atoms with Crippen molar-refractivity contribution in [3.8, 4) is 0 Å². The van der Waals surface area contributed by atoms with Crippen LogP contribution in [-0.2, 0) is 11.2 Å². The minimum atomic E-state index is 0.0266. The van der Waals surface area contributed by atoms with Crippen molar-refractivity contribution in [3.05, 3.63) is 11.8 Å². The number of nitrogens with zero attached hydrogens (tertiary/aromatic N) is 2. The molecule has 0 radical (unpaired) electrons. The van der Waals surface area contributed by atoms with Gasteiger partial charge in [0.2, 0.25) is 11.8 Å². The van der Waals surface area contributed by atoms with Gasteiger partial charge < -0.3 is 14.5 Å². The van der Waals surface area contributed by atoms with Gasteiger partial charge in [-0.15, -0.1) is 10.2 Å². The van der Waals surface area contributed by atoms with E-state index in [1.54, 1.807) is 0 Å². The molecule has 1 N–H and O–H groups in total. The lowest BCUT2D eigenvalue weighted by atomic mass is 10.1. The Labute approximate surface area is 102 Å². The summed E-state index contributed by atoms with van der Waals surface area (Å²) in [6, 6.07) is 0. The third-order valence-corrected chi connectivity index (χ3v) is 2.93. The van der Waals surface area contributed by atoms with E-state index in [1.165, 1.54) is 6.42 Å². The van der Waals surface area contributed by atoms with Gasteiger partial charge in [0.25, 0.3) is 0 Å². The zero-order valence-electron chi connectivity index (χ0n) is 10.4. The average molecular weight is 239 g/mol. The van der Waals surface area contributed by atoms with Gasteiger partial charge in [0.15, 0.2) is 0 Å². The highest BCUT2D eigenvalue weighted by Crippen LogP contribution is 2.26. The fourth-order valence-electron chi connectivity index (χ4n) is 1.97. The highest BCUT2D eigenvalue weighted by atomic mass is 16.5. The van der Waals surface area contributed by atoms with Crippen molar-refractivity contribution in [2.24, 2.45) is 0 Å². The topological polar surface area (TPSA) is 60.2 Å². The van der Waals surface area contributed by atoms with E-state index < -0.39 is 0 Å². The molecule has 0 saturated carbocycles. The molecule has 1 unspecified atom stereocenters. The lowest BCUT2D eigenvalue weighted by Gasteiger charge is -2.18. The Bertz CT molecular complexity index is 321. The number of ether oxygens (including phenoxy) is 1. The minimum absolute atomic E-state index is 0.0266. The number of hydrogen-bond donors (Lipinski definition) is 1. The van der Waals surface area contributed by atoms with Gasteiger partial charge in [0.1, 0.15) is 6.10 Å². The average Bonchev–Trinajstić information content (AvgIpc) is 2.85.